The number of piperazine rings is 1. The van der Waals surface area contributed by atoms with Crippen LogP contribution in [0.5, 0.6) is 0 Å². The van der Waals surface area contributed by atoms with Crippen LogP contribution >= 0.6 is 0 Å². The lowest BCUT2D eigenvalue weighted by Crippen LogP contribution is -2.55. The molecule has 0 aromatic heterocycles. The van der Waals surface area contributed by atoms with Crippen LogP contribution < -0.4 is 5.32 Å². The molecule has 0 bridgehead atoms. The van der Waals surface area contributed by atoms with E-state index in [1.807, 2.05) is 0 Å². The standard InChI is InChI=1S/C16H33N3O/c1-4-7-17-16-6-10-20-13-14(16)11-19-9-8-18(3)15(5-2)12-19/h14-17H,4-13H2,1-3H3. The van der Waals surface area contributed by atoms with Gasteiger partial charge in [0.1, 0.15) is 0 Å². The lowest BCUT2D eigenvalue weighted by molar-refractivity contribution is 0.00276. The second-order valence-corrected chi connectivity index (χ2v) is 6.49. The Kier molecular flexibility index (Phi) is 6.75. The molecule has 0 aromatic carbocycles. The first-order valence-corrected chi connectivity index (χ1v) is 8.48. The number of rotatable bonds is 6. The summed E-state index contributed by atoms with van der Waals surface area (Å²) < 4.78 is 5.73. The fraction of sp³-hybridized carbons (Fsp3) is 1.00. The third-order valence-electron chi connectivity index (χ3n) is 4.96. The van der Waals surface area contributed by atoms with Crippen LogP contribution in [0.25, 0.3) is 0 Å². The lowest BCUT2D eigenvalue weighted by Gasteiger charge is -2.42. The first kappa shape index (κ1) is 16.2. The number of likely N-dealkylation sites (N-methyl/N-ethyl adjacent to an activating group) is 1. The van der Waals surface area contributed by atoms with Crippen molar-refractivity contribution in [3.63, 3.8) is 0 Å². The Morgan fingerprint density at radius 2 is 2.10 bits per heavy atom. The first-order valence-electron chi connectivity index (χ1n) is 8.48. The van der Waals surface area contributed by atoms with E-state index in [0.29, 0.717) is 12.0 Å². The maximum Gasteiger partial charge on any atom is 0.0521 e. The minimum absolute atomic E-state index is 0.656. The third kappa shape index (κ3) is 4.42. The monoisotopic (exact) mass is 283 g/mol. The predicted molar refractivity (Wildman–Crippen MR) is 84.2 cm³/mol. The fourth-order valence-electron chi connectivity index (χ4n) is 3.52. The van der Waals surface area contributed by atoms with Gasteiger partial charge in [0.15, 0.2) is 0 Å². The van der Waals surface area contributed by atoms with E-state index in [1.165, 1.54) is 45.4 Å². The Balaban J connectivity index is 1.83. The van der Waals surface area contributed by atoms with Gasteiger partial charge in [-0.25, -0.2) is 0 Å². The lowest BCUT2D eigenvalue weighted by atomic mass is 9.94. The maximum atomic E-state index is 5.73. The van der Waals surface area contributed by atoms with Crippen molar-refractivity contribution in [3.8, 4) is 0 Å². The summed E-state index contributed by atoms with van der Waals surface area (Å²) in [5.41, 5.74) is 0. The Bertz CT molecular complexity index is 274. The Labute approximate surface area is 124 Å². The number of hydrogen-bond donors (Lipinski definition) is 1. The Morgan fingerprint density at radius 1 is 1.25 bits per heavy atom. The second kappa shape index (κ2) is 8.32. The largest absolute Gasteiger partial charge is 0.381 e. The van der Waals surface area contributed by atoms with Crippen molar-refractivity contribution in [2.75, 3.05) is 53.0 Å². The molecule has 4 nitrogen and oxygen atoms in total. The highest BCUT2D eigenvalue weighted by atomic mass is 16.5. The first-order chi connectivity index (χ1) is 9.74. The topological polar surface area (TPSA) is 27.7 Å². The summed E-state index contributed by atoms with van der Waals surface area (Å²) in [7, 11) is 2.26. The summed E-state index contributed by atoms with van der Waals surface area (Å²) in [5, 5.41) is 3.73. The van der Waals surface area contributed by atoms with Gasteiger partial charge in [-0.1, -0.05) is 13.8 Å². The summed E-state index contributed by atoms with van der Waals surface area (Å²) >= 11 is 0. The molecule has 2 rings (SSSR count). The molecule has 0 radical (unpaired) electrons. The quantitative estimate of drug-likeness (QED) is 0.798. The predicted octanol–water partition coefficient (Wildman–Crippen LogP) is 1.42. The highest BCUT2D eigenvalue weighted by Crippen LogP contribution is 2.19. The van der Waals surface area contributed by atoms with Crippen LogP contribution in [-0.4, -0.2) is 74.9 Å². The van der Waals surface area contributed by atoms with Gasteiger partial charge in [0.25, 0.3) is 0 Å². The van der Waals surface area contributed by atoms with E-state index in [1.54, 1.807) is 0 Å². The van der Waals surface area contributed by atoms with E-state index in [0.717, 1.165) is 25.8 Å². The van der Waals surface area contributed by atoms with Crippen LogP contribution in [0.3, 0.4) is 0 Å². The van der Waals surface area contributed by atoms with Gasteiger partial charge in [-0.15, -0.1) is 0 Å². The molecule has 0 saturated carbocycles. The highest BCUT2D eigenvalue weighted by molar-refractivity contribution is 4.86. The molecule has 0 aromatic rings. The van der Waals surface area contributed by atoms with Crippen molar-refractivity contribution in [3.05, 3.63) is 0 Å². The SMILES string of the molecule is CCCNC1CCOCC1CN1CCN(C)C(CC)C1. The molecule has 3 unspecified atom stereocenters. The zero-order valence-electron chi connectivity index (χ0n) is 13.6. The molecule has 2 aliphatic heterocycles. The molecular formula is C16H33N3O. The Morgan fingerprint density at radius 3 is 2.85 bits per heavy atom. The van der Waals surface area contributed by atoms with Crippen molar-refractivity contribution >= 4 is 0 Å². The average Bonchev–Trinajstić information content (AvgIpc) is 2.48. The van der Waals surface area contributed by atoms with Gasteiger partial charge in [0.2, 0.25) is 0 Å². The smallest absolute Gasteiger partial charge is 0.0521 e. The van der Waals surface area contributed by atoms with Crippen LogP contribution in [0.1, 0.15) is 33.1 Å². The third-order valence-corrected chi connectivity index (χ3v) is 4.96. The zero-order valence-corrected chi connectivity index (χ0v) is 13.6. The van der Waals surface area contributed by atoms with Gasteiger partial charge in [-0.05, 0) is 32.9 Å². The van der Waals surface area contributed by atoms with Gasteiger partial charge in [-0.3, -0.25) is 0 Å². The molecule has 118 valence electrons. The van der Waals surface area contributed by atoms with E-state index in [-0.39, 0.29) is 0 Å². The average molecular weight is 283 g/mol. The summed E-state index contributed by atoms with van der Waals surface area (Å²) in [6.07, 6.45) is 3.65. The van der Waals surface area contributed by atoms with E-state index < -0.39 is 0 Å². The van der Waals surface area contributed by atoms with Crippen LogP contribution in [-0.2, 0) is 4.74 Å². The molecule has 0 aliphatic carbocycles. The molecule has 4 heteroatoms. The molecular weight excluding hydrogens is 250 g/mol. The van der Waals surface area contributed by atoms with Crippen LogP contribution in [0, 0.1) is 5.92 Å². The van der Waals surface area contributed by atoms with Crippen molar-refractivity contribution < 1.29 is 4.74 Å². The summed E-state index contributed by atoms with van der Waals surface area (Å²) in [6.45, 7) is 12.4. The van der Waals surface area contributed by atoms with Gasteiger partial charge < -0.3 is 19.9 Å². The molecule has 0 spiro atoms. The number of hydrogen-bond acceptors (Lipinski definition) is 4. The van der Waals surface area contributed by atoms with Crippen molar-refractivity contribution in [2.45, 2.75) is 45.2 Å². The molecule has 0 amide bonds. The molecule has 20 heavy (non-hydrogen) atoms. The highest BCUT2D eigenvalue weighted by Gasteiger charge is 2.30. The van der Waals surface area contributed by atoms with Crippen molar-refractivity contribution in [1.82, 2.24) is 15.1 Å². The van der Waals surface area contributed by atoms with Crippen LogP contribution in [0.4, 0.5) is 0 Å². The molecule has 1 N–H and O–H groups in total. The van der Waals surface area contributed by atoms with Gasteiger partial charge >= 0.3 is 0 Å². The van der Waals surface area contributed by atoms with Crippen LogP contribution in [0.15, 0.2) is 0 Å². The maximum absolute atomic E-state index is 5.73. The van der Waals surface area contributed by atoms with E-state index in [9.17, 15) is 0 Å². The normalized spacial score (nSPS) is 33.5. The molecule has 2 fully saturated rings. The fourth-order valence-corrected chi connectivity index (χ4v) is 3.52. The number of nitrogens with one attached hydrogen (secondary N) is 1. The minimum Gasteiger partial charge on any atom is -0.381 e. The Hall–Kier alpha value is -0.160. The van der Waals surface area contributed by atoms with E-state index in [2.05, 4.69) is 36.0 Å². The zero-order chi connectivity index (χ0) is 14.4. The number of ether oxygens (including phenoxy) is 1. The molecule has 2 saturated heterocycles. The van der Waals surface area contributed by atoms with Gasteiger partial charge in [0.05, 0.1) is 6.61 Å². The number of nitrogens with zero attached hydrogens (tertiary/aromatic N) is 2. The summed E-state index contributed by atoms with van der Waals surface area (Å²) in [6, 6.07) is 1.39. The minimum atomic E-state index is 0.656. The van der Waals surface area contributed by atoms with E-state index in [4.69, 9.17) is 4.74 Å². The van der Waals surface area contributed by atoms with Crippen molar-refractivity contribution in [1.29, 1.82) is 0 Å². The summed E-state index contributed by atoms with van der Waals surface area (Å²) in [4.78, 5) is 5.18. The van der Waals surface area contributed by atoms with Crippen LogP contribution in [0.2, 0.25) is 0 Å². The molecule has 2 aliphatic rings. The molecule has 2 heterocycles. The summed E-state index contributed by atoms with van der Waals surface area (Å²) in [5.74, 6) is 0.663. The molecule has 3 atom stereocenters. The van der Waals surface area contributed by atoms with Gasteiger partial charge in [-0.2, -0.15) is 0 Å². The van der Waals surface area contributed by atoms with Gasteiger partial charge in [0, 0.05) is 50.8 Å². The van der Waals surface area contributed by atoms with Crippen molar-refractivity contribution in [2.24, 2.45) is 5.92 Å². The van der Waals surface area contributed by atoms with E-state index >= 15 is 0 Å². The second-order valence-electron chi connectivity index (χ2n) is 6.49.